The molecule has 1 rings (SSSR count). The van der Waals surface area contributed by atoms with Gasteiger partial charge in [-0.25, -0.2) is 0 Å². The topological polar surface area (TPSA) is 56.4 Å². The lowest BCUT2D eigenvalue weighted by Crippen LogP contribution is -2.46. The van der Waals surface area contributed by atoms with Gasteiger partial charge in [-0.2, -0.15) is 0 Å². The summed E-state index contributed by atoms with van der Waals surface area (Å²) in [7, 11) is 4.33. The molecule has 1 aliphatic rings. The van der Waals surface area contributed by atoms with Crippen molar-refractivity contribution in [2.75, 3.05) is 27.2 Å². The Labute approximate surface area is 92.9 Å². The third-order valence-corrected chi connectivity index (χ3v) is 3.47. The molecule has 0 saturated carbocycles. The molecule has 4 nitrogen and oxygen atoms in total. The van der Waals surface area contributed by atoms with Gasteiger partial charge in [-0.1, -0.05) is 0 Å². The summed E-state index contributed by atoms with van der Waals surface area (Å²) in [6.45, 7) is 4.52. The van der Waals surface area contributed by atoms with Crippen LogP contribution in [0, 0.1) is 5.41 Å². The predicted octanol–water partition coefficient (Wildman–Crippen LogP) is 0.727. The second kappa shape index (κ2) is 5.47. The zero-order valence-corrected chi connectivity index (χ0v) is 10.2. The third-order valence-electron chi connectivity index (χ3n) is 3.47. The Morgan fingerprint density at radius 3 is 2.53 bits per heavy atom. The maximum atomic E-state index is 7.31. The molecule has 0 aromatic heterocycles. The molecule has 1 fully saturated rings. The molecule has 1 aliphatic heterocycles. The van der Waals surface area contributed by atoms with Crippen LogP contribution in [-0.4, -0.2) is 54.9 Å². The minimum atomic E-state index is 0.294. The number of hydrogen-bond acceptors (Lipinski definition) is 3. The van der Waals surface area contributed by atoms with Crippen molar-refractivity contribution in [2.24, 2.45) is 5.73 Å². The Morgan fingerprint density at radius 1 is 1.53 bits per heavy atom. The first-order valence-electron chi connectivity index (χ1n) is 5.74. The quantitative estimate of drug-likeness (QED) is 0.533. The van der Waals surface area contributed by atoms with Gasteiger partial charge in [0.05, 0.1) is 5.84 Å². The minimum absolute atomic E-state index is 0.294. The molecule has 0 spiro atoms. The molecule has 0 aromatic carbocycles. The Hall–Kier alpha value is -0.610. The molecule has 0 radical (unpaired) electrons. The van der Waals surface area contributed by atoms with Gasteiger partial charge >= 0.3 is 0 Å². The highest BCUT2D eigenvalue weighted by Gasteiger charge is 2.23. The van der Waals surface area contributed by atoms with E-state index >= 15 is 0 Å². The van der Waals surface area contributed by atoms with Gasteiger partial charge in [0, 0.05) is 18.5 Å². The predicted molar refractivity (Wildman–Crippen MR) is 64.3 cm³/mol. The summed E-state index contributed by atoms with van der Waals surface area (Å²) < 4.78 is 0. The number of hydrogen-bond donors (Lipinski definition) is 2. The number of likely N-dealkylation sites (tertiary alicyclic amines) is 1. The second-order valence-corrected chi connectivity index (χ2v) is 4.78. The summed E-state index contributed by atoms with van der Waals surface area (Å²) in [4.78, 5) is 4.76. The number of nitrogens with zero attached hydrogens (tertiary/aromatic N) is 2. The first-order chi connectivity index (χ1) is 7.00. The fraction of sp³-hybridized carbons (Fsp3) is 0.909. The highest BCUT2D eigenvalue weighted by Crippen LogP contribution is 2.17. The molecule has 0 aliphatic carbocycles. The lowest BCUT2D eigenvalue weighted by Gasteiger charge is -2.38. The zero-order valence-electron chi connectivity index (χ0n) is 10.2. The van der Waals surface area contributed by atoms with Gasteiger partial charge in [-0.3, -0.25) is 5.41 Å². The van der Waals surface area contributed by atoms with E-state index in [1.807, 2.05) is 0 Å². The van der Waals surface area contributed by atoms with Crippen molar-refractivity contribution in [2.45, 2.75) is 38.3 Å². The van der Waals surface area contributed by atoms with Crippen LogP contribution in [0.2, 0.25) is 0 Å². The number of nitrogens with two attached hydrogens (primary N) is 1. The molecule has 1 saturated heterocycles. The van der Waals surface area contributed by atoms with Gasteiger partial charge in [-0.15, -0.1) is 0 Å². The van der Waals surface area contributed by atoms with Crippen molar-refractivity contribution >= 4 is 5.84 Å². The lowest BCUT2D eigenvalue weighted by atomic mass is 10.0. The number of amidine groups is 1. The van der Waals surface area contributed by atoms with E-state index in [-0.39, 0.29) is 0 Å². The molecule has 0 amide bonds. The first kappa shape index (κ1) is 12.5. The molecule has 1 atom stereocenters. The Balaban J connectivity index is 2.38. The van der Waals surface area contributed by atoms with E-state index in [0.29, 0.717) is 24.3 Å². The molecule has 1 heterocycles. The maximum absolute atomic E-state index is 7.31. The van der Waals surface area contributed by atoms with Crippen molar-refractivity contribution in [3.63, 3.8) is 0 Å². The molecule has 0 bridgehead atoms. The Kier molecular flexibility index (Phi) is 4.54. The lowest BCUT2D eigenvalue weighted by molar-refractivity contribution is 0.116. The summed E-state index contributed by atoms with van der Waals surface area (Å²) in [6, 6.07) is 1.05. The van der Waals surface area contributed by atoms with E-state index in [9.17, 15) is 0 Å². The smallest absolute Gasteiger partial charge is 0.0920 e. The van der Waals surface area contributed by atoms with Crippen LogP contribution in [0.3, 0.4) is 0 Å². The third kappa shape index (κ3) is 3.80. The van der Waals surface area contributed by atoms with Crippen LogP contribution in [0.5, 0.6) is 0 Å². The first-order valence-corrected chi connectivity index (χ1v) is 5.74. The van der Waals surface area contributed by atoms with Crippen LogP contribution < -0.4 is 5.73 Å². The number of nitrogens with one attached hydrogen (secondary N) is 1. The summed E-state index contributed by atoms with van der Waals surface area (Å²) in [5, 5.41) is 7.31. The molecule has 0 aromatic rings. The molecular weight excluding hydrogens is 188 g/mol. The van der Waals surface area contributed by atoms with E-state index in [4.69, 9.17) is 11.1 Å². The summed E-state index contributed by atoms with van der Waals surface area (Å²) in [5.41, 5.74) is 5.43. The van der Waals surface area contributed by atoms with Gasteiger partial charge in [0.1, 0.15) is 0 Å². The molecule has 15 heavy (non-hydrogen) atoms. The van der Waals surface area contributed by atoms with Crippen molar-refractivity contribution in [3.05, 3.63) is 0 Å². The standard InChI is InChI=1S/C11H24N4/c1-9(8-11(12)13)15(3)10-4-6-14(2)7-5-10/h9-10H,4-8H2,1-3H3,(H3,12,13). The van der Waals surface area contributed by atoms with Crippen molar-refractivity contribution in [1.29, 1.82) is 5.41 Å². The van der Waals surface area contributed by atoms with Crippen LogP contribution >= 0.6 is 0 Å². The van der Waals surface area contributed by atoms with Crippen LogP contribution in [0.1, 0.15) is 26.2 Å². The van der Waals surface area contributed by atoms with Gasteiger partial charge in [0.15, 0.2) is 0 Å². The van der Waals surface area contributed by atoms with Crippen molar-refractivity contribution in [1.82, 2.24) is 9.80 Å². The van der Waals surface area contributed by atoms with Crippen molar-refractivity contribution in [3.8, 4) is 0 Å². The molecule has 88 valence electrons. The van der Waals surface area contributed by atoms with Gasteiger partial charge < -0.3 is 15.5 Å². The summed E-state index contributed by atoms with van der Waals surface area (Å²) in [6.07, 6.45) is 3.15. The zero-order chi connectivity index (χ0) is 11.4. The van der Waals surface area contributed by atoms with E-state index < -0.39 is 0 Å². The number of piperidine rings is 1. The van der Waals surface area contributed by atoms with Gasteiger partial charge in [-0.05, 0) is 47.0 Å². The highest BCUT2D eigenvalue weighted by molar-refractivity contribution is 5.77. The molecule has 4 heteroatoms. The van der Waals surface area contributed by atoms with E-state index in [0.717, 1.165) is 0 Å². The fourth-order valence-corrected chi connectivity index (χ4v) is 2.22. The second-order valence-electron chi connectivity index (χ2n) is 4.78. The van der Waals surface area contributed by atoms with Crippen LogP contribution in [0.15, 0.2) is 0 Å². The van der Waals surface area contributed by atoms with E-state index in [1.165, 1.54) is 25.9 Å². The summed E-state index contributed by atoms with van der Waals surface area (Å²) in [5.74, 6) is 0.294. The largest absolute Gasteiger partial charge is 0.388 e. The minimum Gasteiger partial charge on any atom is -0.388 e. The average molecular weight is 212 g/mol. The summed E-state index contributed by atoms with van der Waals surface area (Å²) >= 11 is 0. The fourth-order valence-electron chi connectivity index (χ4n) is 2.22. The monoisotopic (exact) mass is 212 g/mol. The van der Waals surface area contributed by atoms with Gasteiger partial charge in [0.25, 0.3) is 0 Å². The number of rotatable bonds is 4. The van der Waals surface area contributed by atoms with Crippen molar-refractivity contribution < 1.29 is 0 Å². The van der Waals surface area contributed by atoms with Gasteiger partial charge in [0.2, 0.25) is 0 Å². The Bertz CT molecular complexity index is 209. The SMILES string of the molecule is CC(CC(=N)N)N(C)C1CCN(C)CC1. The van der Waals surface area contributed by atoms with E-state index in [2.05, 4.69) is 30.8 Å². The van der Waals surface area contributed by atoms with E-state index in [1.54, 1.807) is 0 Å². The molecular formula is C11H24N4. The van der Waals surface area contributed by atoms with Crippen LogP contribution in [-0.2, 0) is 0 Å². The Morgan fingerprint density at radius 2 is 2.07 bits per heavy atom. The van der Waals surface area contributed by atoms with Crippen LogP contribution in [0.25, 0.3) is 0 Å². The molecule has 1 unspecified atom stereocenters. The normalized spacial score (nSPS) is 21.9. The van der Waals surface area contributed by atoms with Crippen LogP contribution in [0.4, 0.5) is 0 Å². The highest BCUT2D eigenvalue weighted by atomic mass is 15.2. The average Bonchev–Trinajstić information content (AvgIpc) is 2.17. The maximum Gasteiger partial charge on any atom is 0.0920 e. The molecule has 3 N–H and O–H groups in total.